The van der Waals surface area contributed by atoms with E-state index in [2.05, 4.69) is 19.9 Å². The number of anilines is 1. The fourth-order valence-electron chi connectivity index (χ4n) is 2.58. The third kappa shape index (κ3) is 2.33. The molecule has 19 heavy (non-hydrogen) atoms. The molecule has 0 saturated carbocycles. The van der Waals surface area contributed by atoms with Gasteiger partial charge in [-0.05, 0) is 25.9 Å². The van der Waals surface area contributed by atoms with Crippen LogP contribution < -0.4 is 11.3 Å². The summed E-state index contributed by atoms with van der Waals surface area (Å²) in [7, 11) is 0. The van der Waals surface area contributed by atoms with Crippen LogP contribution >= 0.6 is 0 Å². The molecule has 0 amide bonds. The summed E-state index contributed by atoms with van der Waals surface area (Å²) in [6.07, 6.45) is 5.24. The Kier molecular flexibility index (Phi) is 3.20. The second-order valence-corrected chi connectivity index (χ2v) is 4.93. The normalized spacial score (nSPS) is 17.1. The molecule has 2 aromatic rings. The number of nitrogens with one attached hydrogen (secondary N) is 1. The number of hydrogen-bond donors (Lipinski definition) is 2. The lowest BCUT2D eigenvalue weighted by atomic mass is 10.1. The summed E-state index contributed by atoms with van der Waals surface area (Å²) in [5, 5.41) is 0. The highest BCUT2D eigenvalue weighted by molar-refractivity contribution is 5.69. The number of aromatic nitrogens is 4. The number of imidazole rings is 1. The van der Waals surface area contributed by atoms with E-state index in [0.717, 1.165) is 19.6 Å². The van der Waals surface area contributed by atoms with Gasteiger partial charge in [-0.2, -0.15) is 4.98 Å². The van der Waals surface area contributed by atoms with E-state index in [1.807, 2.05) is 0 Å². The second-order valence-electron chi connectivity index (χ2n) is 4.93. The van der Waals surface area contributed by atoms with Crippen molar-refractivity contribution in [1.82, 2.24) is 24.4 Å². The van der Waals surface area contributed by atoms with Crippen molar-refractivity contribution in [2.75, 3.05) is 25.4 Å². The first kappa shape index (κ1) is 12.2. The van der Waals surface area contributed by atoms with Crippen molar-refractivity contribution >= 4 is 17.1 Å². The van der Waals surface area contributed by atoms with Crippen molar-refractivity contribution < 1.29 is 0 Å². The first-order valence-electron chi connectivity index (χ1n) is 6.67. The lowest BCUT2D eigenvalue weighted by Gasteiger charge is -2.26. The predicted octanol–water partition coefficient (Wildman–Crippen LogP) is 0.188. The van der Waals surface area contributed by atoms with Crippen LogP contribution in [0.4, 0.5) is 5.95 Å². The largest absolute Gasteiger partial charge is 0.369 e. The van der Waals surface area contributed by atoms with Gasteiger partial charge in [0.25, 0.3) is 5.56 Å². The quantitative estimate of drug-likeness (QED) is 0.823. The average molecular weight is 262 g/mol. The van der Waals surface area contributed by atoms with Gasteiger partial charge in [-0.1, -0.05) is 6.42 Å². The van der Waals surface area contributed by atoms with E-state index < -0.39 is 0 Å². The molecule has 0 aliphatic carbocycles. The van der Waals surface area contributed by atoms with Crippen molar-refractivity contribution in [3.05, 3.63) is 16.7 Å². The molecule has 0 aromatic carbocycles. The fraction of sp³-hybridized carbons (Fsp3) is 0.583. The Labute approximate surface area is 110 Å². The standard InChI is InChI=1S/C12H18N6O/c13-12-16-10-9(14-8-15-10)11(19)18(12)7-6-17-4-2-1-3-5-17/h8H,1-7H2,(H2,13,16)(H,14,15). The van der Waals surface area contributed by atoms with Crippen LogP contribution in [0.15, 0.2) is 11.1 Å². The molecule has 1 fully saturated rings. The van der Waals surface area contributed by atoms with Gasteiger partial charge >= 0.3 is 0 Å². The van der Waals surface area contributed by atoms with Crippen LogP contribution in [0.3, 0.4) is 0 Å². The number of aromatic amines is 1. The highest BCUT2D eigenvalue weighted by Gasteiger charge is 2.13. The number of piperidine rings is 1. The smallest absolute Gasteiger partial charge is 0.283 e. The summed E-state index contributed by atoms with van der Waals surface area (Å²) >= 11 is 0. The summed E-state index contributed by atoms with van der Waals surface area (Å²) in [6.45, 7) is 3.61. The van der Waals surface area contributed by atoms with Crippen molar-refractivity contribution in [1.29, 1.82) is 0 Å². The Hall–Kier alpha value is -1.89. The molecule has 1 saturated heterocycles. The molecule has 2 aromatic heterocycles. The average Bonchev–Trinajstić information content (AvgIpc) is 2.88. The maximum Gasteiger partial charge on any atom is 0.283 e. The monoisotopic (exact) mass is 262 g/mol. The maximum absolute atomic E-state index is 12.2. The van der Waals surface area contributed by atoms with E-state index in [1.165, 1.54) is 30.2 Å². The zero-order valence-electron chi connectivity index (χ0n) is 10.8. The van der Waals surface area contributed by atoms with Crippen LogP contribution in [0.5, 0.6) is 0 Å². The van der Waals surface area contributed by atoms with Gasteiger partial charge in [0.2, 0.25) is 5.95 Å². The number of nitrogens with zero attached hydrogens (tertiary/aromatic N) is 4. The van der Waals surface area contributed by atoms with E-state index >= 15 is 0 Å². The van der Waals surface area contributed by atoms with Crippen LogP contribution in [0.2, 0.25) is 0 Å². The van der Waals surface area contributed by atoms with E-state index in [0.29, 0.717) is 17.7 Å². The summed E-state index contributed by atoms with van der Waals surface area (Å²) in [4.78, 5) is 25.6. The first-order valence-corrected chi connectivity index (χ1v) is 6.67. The molecule has 102 valence electrons. The summed E-state index contributed by atoms with van der Waals surface area (Å²) in [6, 6.07) is 0. The minimum atomic E-state index is -0.166. The number of rotatable bonds is 3. The summed E-state index contributed by atoms with van der Waals surface area (Å²) < 4.78 is 1.51. The number of hydrogen-bond acceptors (Lipinski definition) is 5. The zero-order chi connectivity index (χ0) is 13.2. The minimum Gasteiger partial charge on any atom is -0.369 e. The third-order valence-electron chi connectivity index (χ3n) is 3.66. The lowest BCUT2D eigenvalue weighted by Crippen LogP contribution is -2.35. The molecule has 0 radical (unpaired) electrons. The summed E-state index contributed by atoms with van der Waals surface area (Å²) in [5.74, 6) is 0.249. The SMILES string of the molecule is Nc1nc2[nH]cnc2c(=O)n1CCN1CCCCC1. The third-order valence-corrected chi connectivity index (χ3v) is 3.66. The van der Waals surface area contributed by atoms with Gasteiger partial charge in [0.1, 0.15) is 0 Å². The van der Waals surface area contributed by atoms with Gasteiger partial charge in [0.05, 0.1) is 6.33 Å². The van der Waals surface area contributed by atoms with Crippen LogP contribution in [0.25, 0.3) is 11.2 Å². The predicted molar refractivity (Wildman–Crippen MR) is 72.9 cm³/mol. The maximum atomic E-state index is 12.2. The van der Waals surface area contributed by atoms with Crippen LogP contribution in [-0.4, -0.2) is 44.1 Å². The van der Waals surface area contributed by atoms with E-state index in [9.17, 15) is 4.79 Å². The van der Waals surface area contributed by atoms with Crippen molar-refractivity contribution in [2.45, 2.75) is 25.8 Å². The van der Waals surface area contributed by atoms with Gasteiger partial charge in [-0.25, -0.2) is 4.98 Å². The van der Waals surface area contributed by atoms with E-state index in [4.69, 9.17) is 5.73 Å². The van der Waals surface area contributed by atoms with Gasteiger partial charge in [-0.15, -0.1) is 0 Å². The van der Waals surface area contributed by atoms with Gasteiger partial charge < -0.3 is 15.6 Å². The molecular formula is C12H18N6O. The number of likely N-dealkylation sites (tertiary alicyclic amines) is 1. The van der Waals surface area contributed by atoms with Crippen LogP contribution in [0, 0.1) is 0 Å². The molecule has 7 nitrogen and oxygen atoms in total. The molecule has 3 heterocycles. The van der Waals surface area contributed by atoms with E-state index in [-0.39, 0.29) is 11.5 Å². The fourth-order valence-corrected chi connectivity index (χ4v) is 2.58. The van der Waals surface area contributed by atoms with Gasteiger partial charge in [0, 0.05) is 13.1 Å². The lowest BCUT2D eigenvalue weighted by molar-refractivity contribution is 0.220. The Morgan fingerprint density at radius 1 is 1.26 bits per heavy atom. The Morgan fingerprint density at radius 3 is 2.84 bits per heavy atom. The second kappa shape index (κ2) is 5.00. The Balaban J connectivity index is 1.81. The molecule has 0 bridgehead atoms. The highest BCUT2D eigenvalue weighted by atomic mass is 16.1. The molecule has 0 atom stereocenters. The first-order chi connectivity index (χ1) is 9.25. The molecule has 3 rings (SSSR count). The number of nitrogen functional groups attached to an aromatic ring is 1. The number of fused-ring (bicyclic) bond motifs is 1. The summed E-state index contributed by atoms with van der Waals surface area (Å²) in [5.41, 5.74) is 6.49. The van der Waals surface area contributed by atoms with Crippen molar-refractivity contribution in [3.8, 4) is 0 Å². The Morgan fingerprint density at radius 2 is 2.05 bits per heavy atom. The number of H-pyrrole nitrogens is 1. The molecule has 0 unspecified atom stereocenters. The Bertz CT molecular complexity index is 625. The molecule has 1 aliphatic heterocycles. The number of nitrogens with two attached hydrogens (primary N) is 1. The molecule has 0 spiro atoms. The highest BCUT2D eigenvalue weighted by Crippen LogP contribution is 2.09. The minimum absolute atomic E-state index is 0.166. The van der Waals surface area contributed by atoms with Crippen molar-refractivity contribution in [3.63, 3.8) is 0 Å². The zero-order valence-corrected chi connectivity index (χ0v) is 10.8. The van der Waals surface area contributed by atoms with Crippen molar-refractivity contribution in [2.24, 2.45) is 0 Å². The molecule has 3 N–H and O–H groups in total. The molecule has 1 aliphatic rings. The molecular weight excluding hydrogens is 244 g/mol. The van der Waals surface area contributed by atoms with E-state index in [1.54, 1.807) is 0 Å². The van der Waals surface area contributed by atoms with Crippen LogP contribution in [0.1, 0.15) is 19.3 Å². The van der Waals surface area contributed by atoms with Gasteiger partial charge in [0.15, 0.2) is 11.2 Å². The van der Waals surface area contributed by atoms with Gasteiger partial charge in [-0.3, -0.25) is 9.36 Å². The topological polar surface area (TPSA) is 92.8 Å². The van der Waals surface area contributed by atoms with Crippen LogP contribution in [-0.2, 0) is 6.54 Å². The molecule has 7 heteroatoms.